The first-order valence-corrected chi connectivity index (χ1v) is 11.4. The number of amides is 2. The molecule has 0 spiro atoms. The number of anilines is 1. The summed E-state index contributed by atoms with van der Waals surface area (Å²) in [6.07, 6.45) is 5.43. The Morgan fingerprint density at radius 2 is 1.56 bits per heavy atom. The molecule has 2 bridgehead atoms. The highest BCUT2D eigenvalue weighted by Gasteiger charge is 2.67. The van der Waals surface area contributed by atoms with Crippen LogP contribution in [0.4, 0.5) is 5.69 Å². The van der Waals surface area contributed by atoms with Crippen LogP contribution in [0.15, 0.2) is 48.6 Å². The highest BCUT2D eigenvalue weighted by molar-refractivity contribution is 6.32. The van der Waals surface area contributed by atoms with E-state index in [4.69, 9.17) is 16.3 Å². The van der Waals surface area contributed by atoms with Crippen LogP contribution in [0.2, 0.25) is 5.02 Å². The normalized spacial score (nSPS) is 31.5. The van der Waals surface area contributed by atoms with E-state index in [2.05, 4.69) is 12.2 Å². The quantitative estimate of drug-likeness (QED) is 0.295. The molecule has 7 rings (SSSR count). The summed E-state index contributed by atoms with van der Waals surface area (Å²) in [5.41, 5.74) is 2.35. The average Bonchev–Trinajstić information content (AvgIpc) is 3.55. The highest BCUT2D eigenvalue weighted by atomic mass is 35.5. The maximum absolute atomic E-state index is 13.3. The van der Waals surface area contributed by atoms with Crippen molar-refractivity contribution in [2.45, 2.75) is 20.3 Å². The van der Waals surface area contributed by atoms with E-state index < -0.39 is 5.97 Å². The van der Waals surface area contributed by atoms with Crippen molar-refractivity contribution in [1.82, 2.24) is 0 Å². The van der Waals surface area contributed by atoms with Crippen LogP contribution >= 0.6 is 11.6 Å². The van der Waals surface area contributed by atoms with Gasteiger partial charge in [-0.3, -0.25) is 9.59 Å². The summed E-state index contributed by atoms with van der Waals surface area (Å²) >= 11 is 6.20. The summed E-state index contributed by atoms with van der Waals surface area (Å²) < 4.78 is 5.55. The lowest BCUT2D eigenvalue weighted by Crippen LogP contribution is -2.40. The number of nitrogens with zero attached hydrogens (tertiary/aromatic N) is 1. The molecule has 32 heavy (non-hydrogen) atoms. The van der Waals surface area contributed by atoms with Crippen LogP contribution in [0.5, 0.6) is 5.75 Å². The Kier molecular flexibility index (Phi) is 4.19. The molecule has 3 fully saturated rings. The third kappa shape index (κ3) is 2.73. The second kappa shape index (κ2) is 6.79. The molecular formula is C26H22ClNO4. The molecule has 0 radical (unpaired) electrons. The minimum atomic E-state index is -0.549. The Bertz CT molecular complexity index is 1180. The average molecular weight is 448 g/mol. The van der Waals surface area contributed by atoms with E-state index in [1.807, 2.05) is 13.8 Å². The number of ether oxygens (including phenoxy) is 1. The molecule has 1 heterocycles. The van der Waals surface area contributed by atoms with Crippen molar-refractivity contribution in [2.24, 2.45) is 35.5 Å². The zero-order chi connectivity index (χ0) is 22.3. The number of carbonyl (C=O) groups excluding carboxylic acids is 3. The first-order valence-electron chi connectivity index (χ1n) is 11.0. The summed E-state index contributed by atoms with van der Waals surface area (Å²) in [7, 11) is 0. The largest absolute Gasteiger partial charge is 0.423 e. The van der Waals surface area contributed by atoms with Gasteiger partial charge in [-0.25, -0.2) is 9.69 Å². The topological polar surface area (TPSA) is 63.7 Å². The predicted octanol–water partition coefficient (Wildman–Crippen LogP) is 4.73. The summed E-state index contributed by atoms with van der Waals surface area (Å²) in [6.45, 7) is 3.70. The van der Waals surface area contributed by atoms with Crippen LogP contribution in [-0.4, -0.2) is 17.8 Å². The van der Waals surface area contributed by atoms with Crippen LogP contribution in [0.3, 0.4) is 0 Å². The Morgan fingerprint density at radius 3 is 2.16 bits per heavy atom. The van der Waals surface area contributed by atoms with Crippen LogP contribution in [0.1, 0.15) is 27.9 Å². The minimum Gasteiger partial charge on any atom is -0.423 e. The Balaban J connectivity index is 1.28. The van der Waals surface area contributed by atoms with Gasteiger partial charge in [0.1, 0.15) is 5.75 Å². The second-order valence-electron chi connectivity index (χ2n) is 9.48. The number of allylic oxidation sites excluding steroid dienone is 2. The standard InChI is InChI=1S/C26H22ClNO4/c1-12-8-16(9-13(2)23(12)27)32-26(31)14-4-3-5-15(10-14)28-24(29)21-17-6-7-18(20-11-19(17)20)22(21)25(28)30/h3-10,17-22H,11H2,1-2H3/t17-,18-,19-,20+,21+,22+/m0/s1. The number of carbonyl (C=O) groups is 3. The molecule has 1 aliphatic heterocycles. The number of halogens is 1. The second-order valence-corrected chi connectivity index (χ2v) is 9.86. The molecule has 0 aromatic heterocycles. The zero-order valence-electron chi connectivity index (χ0n) is 17.7. The fraction of sp³-hybridized carbons (Fsp3) is 0.346. The van der Waals surface area contributed by atoms with Gasteiger partial charge in [-0.05, 0) is 85.4 Å². The van der Waals surface area contributed by atoms with Crippen molar-refractivity contribution in [1.29, 1.82) is 0 Å². The monoisotopic (exact) mass is 447 g/mol. The number of hydrogen-bond donors (Lipinski definition) is 0. The lowest BCUT2D eigenvalue weighted by molar-refractivity contribution is -0.124. The van der Waals surface area contributed by atoms with Gasteiger partial charge in [-0.15, -0.1) is 0 Å². The molecule has 2 aromatic carbocycles. The number of benzene rings is 2. The predicted molar refractivity (Wildman–Crippen MR) is 120 cm³/mol. The van der Waals surface area contributed by atoms with Crippen molar-refractivity contribution < 1.29 is 19.1 Å². The smallest absolute Gasteiger partial charge is 0.343 e. The van der Waals surface area contributed by atoms with Gasteiger partial charge < -0.3 is 4.74 Å². The van der Waals surface area contributed by atoms with Gasteiger partial charge in [0.15, 0.2) is 0 Å². The Labute approximate surface area is 191 Å². The van der Waals surface area contributed by atoms with Gasteiger partial charge in [0.2, 0.25) is 11.8 Å². The Morgan fingerprint density at radius 1 is 0.969 bits per heavy atom. The summed E-state index contributed by atoms with van der Waals surface area (Å²) in [4.78, 5) is 40.8. The van der Waals surface area contributed by atoms with Gasteiger partial charge >= 0.3 is 5.97 Å². The van der Waals surface area contributed by atoms with Crippen LogP contribution in [-0.2, 0) is 9.59 Å². The molecule has 5 nitrogen and oxygen atoms in total. The number of aryl methyl sites for hydroxylation is 2. The molecule has 6 atom stereocenters. The van der Waals surface area contributed by atoms with Gasteiger partial charge in [-0.1, -0.05) is 29.8 Å². The fourth-order valence-corrected chi connectivity index (χ4v) is 6.22. The lowest BCUT2D eigenvalue weighted by atomic mass is 9.63. The summed E-state index contributed by atoms with van der Waals surface area (Å²) in [5, 5.41) is 0.639. The maximum atomic E-state index is 13.3. The van der Waals surface area contributed by atoms with E-state index in [9.17, 15) is 14.4 Å². The number of imide groups is 1. The molecule has 2 saturated carbocycles. The maximum Gasteiger partial charge on any atom is 0.343 e. The van der Waals surface area contributed by atoms with E-state index in [1.54, 1.807) is 36.4 Å². The zero-order valence-corrected chi connectivity index (χ0v) is 18.5. The fourth-order valence-electron chi connectivity index (χ4n) is 6.11. The number of hydrogen-bond acceptors (Lipinski definition) is 4. The molecule has 1 saturated heterocycles. The van der Waals surface area contributed by atoms with Gasteiger partial charge in [0.25, 0.3) is 0 Å². The summed E-state index contributed by atoms with van der Waals surface area (Å²) in [5.74, 6) is 0.480. The van der Waals surface area contributed by atoms with E-state index in [0.717, 1.165) is 17.5 Å². The van der Waals surface area contributed by atoms with Gasteiger partial charge in [0, 0.05) is 5.02 Å². The first-order chi connectivity index (χ1) is 15.3. The summed E-state index contributed by atoms with van der Waals surface area (Å²) in [6, 6.07) is 10.0. The van der Waals surface area contributed by atoms with E-state index in [0.29, 0.717) is 28.3 Å². The van der Waals surface area contributed by atoms with Crippen LogP contribution in [0.25, 0.3) is 0 Å². The first kappa shape index (κ1) is 19.7. The van der Waals surface area contributed by atoms with Crippen molar-refractivity contribution in [3.05, 3.63) is 70.3 Å². The van der Waals surface area contributed by atoms with Gasteiger partial charge in [0.05, 0.1) is 23.1 Å². The van der Waals surface area contributed by atoms with Crippen molar-refractivity contribution in [3.8, 4) is 5.75 Å². The van der Waals surface area contributed by atoms with Gasteiger partial charge in [-0.2, -0.15) is 0 Å². The number of esters is 1. The molecule has 2 aromatic rings. The molecule has 162 valence electrons. The van der Waals surface area contributed by atoms with Crippen molar-refractivity contribution in [2.75, 3.05) is 4.90 Å². The van der Waals surface area contributed by atoms with Crippen molar-refractivity contribution in [3.63, 3.8) is 0 Å². The molecule has 0 N–H and O–H groups in total. The number of rotatable bonds is 3. The molecule has 6 heteroatoms. The highest BCUT2D eigenvalue weighted by Crippen LogP contribution is 2.65. The SMILES string of the molecule is Cc1cc(OC(=O)c2cccc(N3C(=O)[C@@H]4[C@H]5C=C[C@@H]([C@@H]6C[C@H]56)[C@H]4C3=O)c2)cc(C)c1Cl. The lowest BCUT2D eigenvalue weighted by Gasteiger charge is -2.37. The molecule has 4 aliphatic carbocycles. The van der Waals surface area contributed by atoms with E-state index >= 15 is 0 Å². The van der Waals surface area contributed by atoms with Crippen LogP contribution in [0, 0.1) is 49.4 Å². The Hall–Kier alpha value is -2.92. The molecule has 5 aliphatic rings. The molecule has 2 amide bonds. The molecular weight excluding hydrogens is 426 g/mol. The third-order valence-electron chi connectivity index (χ3n) is 7.62. The third-order valence-corrected chi connectivity index (χ3v) is 8.22. The van der Waals surface area contributed by atoms with E-state index in [-0.39, 0.29) is 41.0 Å². The minimum absolute atomic E-state index is 0.140. The molecule has 0 unspecified atom stereocenters. The van der Waals surface area contributed by atoms with Crippen molar-refractivity contribution >= 4 is 35.1 Å². The van der Waals surface area contributed by atoms with Crippen LogP contribution < -0.4 is 9.64 Å². The van der Waals surface area contributed by atoms with E-state index in [1.165, 1.54) is 4.90 Å².